The van der Waals surface area contributed by atoms with Crippen LogP contribution >= 0.6 is 0 Å². The van der Waals surface area contributed by atoms with Gasteiger partial charge in [-0.05, 0) is 135 Å². The Kier molecular flexibility index (Phi) is 42.3. The molecule has 0 aliphatic carbocycles. The van der Waals surface area contributed by atoms with E-state index in [0.717, 1.165) is 0 Å². The molecule has 38 nitrogen and oxygen atoms in total. The maximum atomic E-state index is 14.5. The predicted molar refractivity (Wildman–Crippen MR) is 344 cm³/mol. The molecule has 0 bridgehead atoms. The third kappa shape index (κ3) is 39.5. The molecule has 0 heterocycles. The van der Waals surface area contributed by atoms with Crippen molar-refractivity contribution in [2.45, 2.75) is 190 Å². The number of carboxylic acids is 1. The number of primary amides is 1. The van der Waals surface area contributed by atoms with Crippen LogP contribution in [-0.4, -0.2) is 194 Å². The molecule has 0 fully saturated rings. The van der Waals surface area contributed by atoms with Gasteiger partial charge in [-0.15, -0.1) is 0 Å². The van der Waals surface area contributed by atoms with Gasteiger partial charge in [-0.1, -0.05) is 13.8 Å². The minimum absolute atomic E-state index is 0.00186. The quantitative estimate of drug-likeness (QED) is 0.0153. The van der Waals surface area contributed by atoms with Crippen LogP contribution in [0.1, 0.15) is 136 Å². The number of aliphatic imine (C=N–C) groups is 5. The largest absolute Gasteiger partial charge is 0.480 e. The van der Waals surface area contributed by atoms with Gasteiger partial charge in [-0.3, -0.25) is 68.1 Å². The highest BCUT2D eigenvalue weighted by Crippen LogP contribution is 2.13. The topological polar surface area (TPSA) is 713 Å². The summed E-state index contributed by atoms with van der Waals surface area (Å²) in [7, 11) is 0. The highest BCUT2D eigenvalue weighted by Gasteiger charge is 2.35. The maximum absolute atomic E-state index is 14.5. The van der Waals surface area contributed by atoms with Gasteiger partial charge >= 0.3 is 5.97 Å². The van der Waals surface area contributed by atoms with Crippen molar-refractivity contribution < 1.29 is 53.1 Å². The second-order valence-corrected chi connectivity index (χ2v) is 21.9. The number of amides is 9. The molecule has 0 spiro atoms. The Labute approximate surface area is 530 Å². The van der Waals surface area contributed by atoms with Gasteiger partial charge in [0.25, 0.3) is 0 Å². The number of hydrogen-bond acceptors (Lipinski definition) is 18. The number of unbranched alkanes of at least 4 members (excludes halogenated alkanes) is 2. The van der Waals surface area contributed by atoms with E-state index in [1.807, 2.05) is 0 Å². The first-order valence-electron chi connectivity index (χ1n) is 30.3. The summed E-state index contributed by atoms with van der Waals surface area (Å²) in [5, 5.41) is 30.8. The summed E-state index contributed by atoms with van der Waals surface area (Å²) in [5.74, 6) is -10.7. The molecule has 0 saturated heterocycles. The minimum atomic E-state index is -1.65. The number of nitrogens with one attached hydrogen (secondary N) is 8. The second kappa shape index (κ2) is 47.0. The molecule has 518 valence electrons. The van der Waals surface area contributed by atoms with Crippen molar-refractivity contribution in [2.75, 3.05) is 45.8 Å². The van der Waals surface area contributed by atoms with E-state index in [4.69, 9.17) is 80.3 Å². The van der Waals surface area contributed by atoms with Crippen LogP contribution in [0.4, 0.5) is 0 Å². The van der Waals surface area contributed by atoms with Gasteiger partial charge in [0.05, 0.1) is 6.04 Å². The van der Waals surface area contributed by atoms with Crippen LogP contribution in [0.15, 0.2) is 25.0 Å². The number of carboxylic acid groups (broad SMARTS) is 1. The molecule has 0 aromatic heterocycles. The van der Waals surface area contributed by atoms with Gasteiger partial charge in [0.2, 0.25) is 53.2 Å². The van der Waals surface area contributed by atoms with Crippen molar-refractivity contribution in [3.63, 3.8) is 0 Å². The van der Waals surface area contributed by atoms with Crippen LogP contribution in [0.5, 0.6) is 0 Å². The highest BCUT2D eigenvalue weighted by molar-refractivity contribution is 5.98. The predicted octanol–water partition coefficient (Wildman–Crippen LogP) is -8.89. The summed E-state index contributed by atoms with van der Waals surface area (Å²) in [6.45, 7) is 4.25. The van der Waals surface area contributed by atoms with Crippen LogP contribution in [0.25, 0.3) is 0 Å². The number of carbonyl (C=O) groups is 10. The molecule has 0 aliphatic heterocycles. The standard InChI is InChI=1S/C53H105N27O11/c1-29(2)28-38(80-45(87)32(14-4-6-22-55)74-41(83)31(13-3-5-21-54)73-40(82)30(56)12-7-23-68-49(58)59)47(89)77-34(16-9-25-70-51(62)63)43(85)78-36(19-20-39(57)81)46(88)76-33(15-8-24-69-50(60)61)42(84)75-35(17-10-26-71-52(64)65)44(86)79-37(48(90)91)18-11-27-72-53(66)67/h29-38H,3-28,54-56H2,1-2H3,(H2,57,81)(H,73,82)(H,74,83)(H,75,84)(H,76,88)(H,77,89)(H,78,85)(H,79,86)(H,80,87)(H,90,91)(H4,58,59,68)(H4,60,61,69)(H4,62,63,70)(H4,64,65,71)(H4,66,67,72)/t30-,31+,32+,33+,34-,35+,36+,37-,38-/m1/s1. The van der Waals surface area contributed by atoms with Crippen molar-refractivity contribution in [3.8, 4) is 0 Å². The molecule has 38 heteroatoms. The van der Waals surface area contributed by atoms with E-state index < -0.39 is 126 Å². The smallest absolute Gasteiger partial charge is 0.326 e. The average Bonchev–Trinajstić information content (AvgIpc) is 1.28. The van der Waals surface area contributed by atoms with Crippen LogP contribution in [-0.2, 0) is 47.9 Å². The Morgan fingerprint density at radius 1 is 0.330 bits per heavy atom. The first-order valence-corrected chi connectivity index (χ1v) is 30.3. The van der Waals surface area contributed by atoms with Crippen molar-refractivity contribution in [2.24, 2.45) is 111 Å². The fourth-order valence-corrected chi connectivity index (χ4v) is 8.70. The van der Waals surface area contributed by atoms with Crippen molar-refractivity contribution in [3.05, 3.63) is 0 Å². The number of aliphatic carboxylic acids is 1. The van der Waals surface area contributed by atoms with Gasteiger partial charge in [-0.25, -0.2) is 4.79 Å². The monoisotopic (exact) mass is 1300 g/mol. The fourth-order valence-electron chi connectivity index (χ4n) is 8.70. The van der Waals surface area contributed by atoms with Gasteiger partial charge in [0.15, 0.2) is 29.8 Å². The molecule has 9 amide bonds. The normalized spacial score (nSPS) is 13.8. The van der Waals surface area contributed by atoms with Gasteiger partial charge in [-0.2, -0.15) is 0 Å². The number of rotatable bonds is 50. The Morgan fingerprint density at radius 2 is 0.571 bits per heavy atom. The number of nitrogens with zero attached hydrogens (tertiary/aromatic N) is 5. The third-order valence-electron chi connectivity index (χ3n) is 13.4. The molecule has 0 unspecified atom stereocenters. The first kappa shape index (κ1) is 81.9. The zero-order chi connectivity index (χ0) is 69.0. The number of guanidine groups is 5. The lowest BCUT2D eigenvalue weighted by Gasteiger charge is -2.28. The molecule has 0 aliphatic rings. The molecule has 9 atom stereocenters. The summed E-state index contributed by atoms with van der Waals surface area (Å²) < 4.78 is 0. The number of hydrogen-bond donors (Lipinski definition) is 23. The lowest BCUT2D eigenvalue weighted by Crippen LogP contribution is -2.60. The van der Waals surface area contributed by atoms with E-state index in [1.165, 1.54) is 0 Å². The van der Waals surface area contributed by atoms with Crippen LogP contribution < -0.4 is 123 Å². The van der Waals surface area contributed by atoms with E-state index in [1.54, 1.807) is 13.8 Å². The Bertz CT molecular complexity index is 2440. The number of nitrogens with two attached hydrogens (primary N) is 14. The molecule has 37 N–H and O–H groups in total. The molecule has 0 rings (SSSR count). The van der Waals surface area contributed by atoms with E-state index in [-0.39, 0.29) is 152 Å². The Hall–Kier alpha value is -9.07. The third-order valence-corrected chi connectivity index (χ3v) is 13.4. The van der Waals surface area contributed by atoms with E-state index in [9.17, 15) is 53.1 Å². The first-order chi connectivity index (χ1) is 42.9. The van der Waals surface area contributed by atoms with Gasteiger partial charge < -0.3 is 128 Å². The van der Waals surface area contributed by atoms with Gasteiger partial charge in [0.1, 0.15) is 48.3 Å². The molecule has 0 aromatic carbocycles. The van der Waals surface area contributed by atoms with Crippen LogP contribution in [0.3, 0.4) is 0 Å². The summed E-state index contributed by atoms with van der Waals surface area (Å²) in [6, 6.07) is -12.4. The molecule has 0 aromatic rings. The zero-order valence-electron chi connectivity index (χ0n) is 52.5. The maximum Gasteiger partial charge on any atom is 0.326 e. The van der Waals surface area contributed by atoms with Gasteiger partial charge in [0, 0.05) is 39.1 Å². The molecule has 91 heavy (non-hydrogen) atoms. The minimum Gasteiger partial charge on any atom is -0.480 e. The molecular weight excluding hydrogens is 1190 g/mol. The lowest BCUT2D eigenvalue weighted by molar-refractivity contribution is -0.142. The van der Waals surface area contributed by atoms with Crippen LogP contribution in [0, 0.1) is 5.92 Å². The van der Waals surface area contributed by atoms with Crippen LogP contribution in [0.2, 0.25) is 0 Å². The lowest BCUT2D eigenvalue weighted by atomic mass is 10.00. The number of carbonyl (C=O) groups excluding carboxylic acids is 9. The van der Waals surface area contributed by atoms with E-state index in [2.05, 4.69) is 67.5 Å². The summed E-state index contributed by atoms with van der Waals surface area (Å²) >= 11 is 0. The summed E-state index contributed by atoms with van der Waals surface area (Å²) in [5.41, 5.74) is 77.9. The Balaban J connectivity index is 7.27. The molecule has 0 radical (unpaired) electrons. The zero-order valence-corrected chi connectivity index (χ0v) is 52.5. The second-order valence-electron chi connectivity index (χ2n) is 21.9. The van der Waals surface area contributed by atoms with Crippen molar-refractivity contribution in [1.82, 2.24) is 42.5 Å². The molecule has 0 saturated carbocycles. The highest BCUT2D eigenvalue weighted by atomic mass is 16.4. The SMILES string of the molecule is CC(C)C[C@@H](NC(=O)[C@H](CCCCN)NC(=O)[C@H](CCCCN)NC(=O)[C@H](N)CCCN=C(N)N)C(=O)N[C@H](CCCN=C(N)N)C(=O)N[C@@H](CCC(N)=O)C(=O)N[C@@H](CCCN=C(N)N)C(=O)N[C@@H](CCCN=C(N)N)C(=O)N[C@H](CCCN=C(N)N)C(=O)O. The van der Waals surface area contributed by atoms with E-state index in [0.29, 0.717) is 38.6 Å². The average molecular weight is 1300 g/mol. The fraction of sp³-hybridized carbons (Fsp3) is 0.717. The van der Waals surface area contributed by atoms with E-state index >= 15 is 0 Å². The molecular formula is C53H105N27O11. The summed E-state index contributed by atoms with van der Waals surface area (Å²) in [6.07, 6.45) is 1.19. The summed E-state index contributed by atoms with van der Waals surface area (Å²) in [4.78, 5) is 157. The Morgan fingerprint density at radius 3 is 0.846 bits per heavy atom. The van der Waals surface area contributed by atoms with Crippen molar-refractivity contribution in [1.29, 1.82) is 0 Å². The van der Waals surface area contributed by atoms with Crippen molar-refractivity contribution >= 4 is 88.9 Å².